The van der Waals surface area contributed by atoms with Crippen molar-refractivity contribution >= 4 is 35.3 Å². The van der Waals surface area contributed by atoms with E-state index in [-0.39, 0.29) is 29.3 Å². The second kappa shape index (κ2) is 10.8. The summed E-state index contributed by atoms with van der Waals surface area (Å²) in [6.07, 6.45) is -0.0426. The molecular formula is C26H32N4O5S. The van der Waals surface area contributed by atoms with Gasteiger partial charge in [0.2, 0.25) is 17.5 Å². The van der Waals surface area contributed by atoms with Crippen LogP contribution in [0.4, 0.5) is 0 Å². The summed E-state index contributed by atoms with van der Waals surface area (Å²) in [5.74, 6) is -3.54. The second-order valence-corrected chi connectivity index (χ2v) is 10.9. The first-order chi connectivity index (χ1) is 16.8. The Hall–Kier alpha value is -3.21. The Bertz CT molecular complexity index is 1150. The van der Waals surface area contributed by atoms with Crippen LogP contribution in [-0.4, -0.2) is 62.4 Å². The zero-order valence-corrected chi connectivity index (χ0v) is 21.4. The van der Waals surface area contributed by atoms with E-state index in [1.165, 1.54) is 40.9 Å². The number of ketones is 1. The van der Waals surface area contributed by atoms with Gasteiger partial charge in [0.05, 0.1) is 11.8 Å². The molecule has 1 fully saturated rings. The lowest BCUT2D eigenvalue weighted by Gasteiger charge is -2.36. The first-order valence-corrected chi connectivity index (χ1v) is 12.7. The van der Waals surface area contributed by atoms with Crippen LogP contribution in [0.15, 0.2) is 54.6 Å². The molecule has 9 nitrogen and oxygen atoms in total. The molecule has 1 aliphatic rings. The van der Waals surface area contributed by atoms with E-state index in [0.717, 1.165) is 0 Å². The summed E-state index contributed by atoms with van der Waals surface area (Å²) in [7, 11) is 0. The molecule has 6 N–H and O–H groups in total. The lowest BCUT2D eigenvalue weighted by molar-refractivity contribution is -0.158. The molecule has 0 bridgehead atoms. The van der Waals surface area contributed by atoms with Crippen LogP contribution >= 0.6 is 11.8 Å². The molecule has 2 aromatic carbocycles. The number of rotatable bonds is 8. The molecule has 2 aromatic rings. The number of hydrogen-bond donors (Lipinski definition) is 4. The van der Waals surface area contributed by atoms with Gasteiger partial charge in [-0.1, -0.05) is 42.5 Å². The maximum atomic E-state index is 13.6. The number of carbonyl (C=O) groups excluding carboxylic acids is 4. The molecule has 10 heteroatoms. The van der Waals surface area contributed by atoms with Gasteiger partial charge in [-0.3, -0.25) is 24.9 Å². The molecule has 3 atom stereocenters. The number of thioether (sulfide) groups is 1. The monoisotopic (exact) mass is 512 g/mol. The smallest absolute Gasteiger partial charge is 0.271 e. The summed E-state index contributed by atoms with van der Waals surface area (Å²) in [5.41, 5.74) is 9.36. The maximum absolute atomic E-state index is 13.6. The van der Waals surface area contributed by atoms with Crippen LogP contribution in [0.1, 0.15) is 47.1 Å². The van der Waals surface area contributed by atoms with Crippen LogP contribution < -0.4 is 16.8 Å². The molecule has 3 rings (SSSR count). The van der Waals surface area contributed by atoms with Gasteiger partial charge in [-0.15, -0.1) is 11.8 Å². The molecule has 0 aromatic heterocycles. The van der Waals surface area contributed by atoms with E-state index in [1.807, 2.05) is 20.8 Å². The minimum Gasteiger partial charge on any atom is -0.367 e. The standard InChI is InChI=1S/C26H32N4O5S/c1-25(2,3)29-23(33)20-14-36-15-30(20)24(34)26(28,35)19(12-16-8-5-4-6-9-16)21(31)17-10-7-11-18(13-17)22(27)32/h4-11,13,19-20,35H,12,14-15,28H2,1-3H3,(H2,27,32)(H,29,33)/t19-,20+,26+/m1/s1. The topological polar surface area (TPSA) is 156 Å². The Morgan fingerprint density at radius 1 is 1.08 bits per heavy atom. The molecule has 0 spiro atoms. The molecule has 0 aliphatic carbocycles. The van der Waals surface area contributed by atoms with E-state index in [0.29, 0.717) is 11.3 Å². The van der Waals surface area contributed by atoms with Crippen molar-refractivity contribution in [2.24, 2.45) is 17.4 Å². The molecule has 1 saturated heterocycles. The van der Waals surface area contributed by atoms with E-state index in [4.69, 9.17) is 11.5 Å². The predicted molar refractivity (Wildman–Crippen MR) is 138 cm³/mol. The fraction of sp³-hybridized carbons (Fsp3) is 0.385. The zero-order chi connectivity index (χ0) is 26.7. The fourth-order valence-corrected chi connectivity index (χ4v) is 5.17. The Morgan fingerprint density at radius 2 is 1.72 bits per heavy atom. The summed E-state index contributed by atoms with van der Waals surface area (Å²) < 4.78 is 0. The third-order valence-corrected chi connectivity index (χ3v) is 6.86. The van der Waals surface area contributed by atoms with Crippen LogP contribution in [0.2, 0.25) is 0 Å². The van der Waals surface area contributed by atoms with E-state index in [1.54, 1.807) is 30.3 Å². The number of nitrogens with two attached hydrogens (primary N) is 2. The predicted octanol–water partition coefficient (Wildman–Crippen LogP) is 1.29. The number of nitrogens with one attached hydrogen (secondary N) is 1. The number of benzene rings is 2. The average Bonchev–Trinajstić information content (AvgIpc) is 3.31. The van der Waals surface area contributed by atoms with Crippen molar-refractivity contribution in [2.45, 2.75) is 44.5 Å². The number of Topliss-reactive ketones (excluding diaryl/α,β-unsaturated/α-hetero) is 1. The number of amides is 3. The van der Waals surface area contributed by atoms with Crippen molar-refractivity contribution in [3.63, 3.8) is 0 Å². The quantitative estimate of drug-likeness (QED) is 0.307. The van der Waals surface area contributed by atoms with Gasteiger partial charge in [0.25, 0.3) is 5.91 Å². The van der Waals surface area contributed by atoms with Gasteiger partial charge in [0.15, 0.2) is 5.78 Å². The summed E-state index contributed by atoms with van der Waals surface area (Å²) >= 11 is 1.36. The third kappa shape index (κ3) is 6.31. The van der Waals surface area contributed by atoms with Crippen molar-refractivity contribution in [2.75, 3.05) is 11.6 Å². The molecule has 36 heavy (non-hydrogen) atoms. The molecular weight excluding hydrogens is 480 g/mol. The van der Waals surface area contributed by atoms with Crippen LogP contribution in [0, 0.1) is 5.92 Å². The van der Waals surface area contributed by atoms with Gasteiger partial charge in [0, 0.05) is 22.4 Å². The summed E-state index contributed by atoms with van der Waals surface area (Å²) in [6.45, 7) is 5.48. The molecule has 0 unspecified atom stereocenters. The second-order valence-electron chi connectivity index (χ2n) is 9.91. The van der Waals surface area contributed by atoms with Crippen molar-refractivity contribution in [1.82, 2.24) is 10.2 Å². The number of nitrogens with zero attached hydrogens (tertiary/aromatic N) is 1. The number of aliphatic hydroxyl groups is 1. The number of hydrogen-bond acceptors (Lipinski definition) is 7. The van der Waals surface area contributed by atoms with Gasteiger partial charge < -0.3 is 21.1 Å². The summed E-state index contributed by atoms with van der Waals surface area (Å²) in [4.78, 5) is 53.0. The molecule has 0 saturated carbocycles. The zero-order valence-electron chi connectivity index (χ0n) is 20.6. The third-order valence-electron chi connectivity index (χ3n) is 5.85. The van der Waals surface area contributed by atoms with E-state index >= 15 is 0 Å². The highest BCUT2D eigenvalue weighted by atomic mass is 32.2. The molecule has 1 aliphatic heterocycles. The first kappa shape index (κ1) is 27.4. The minimum absolute atomic E-state index is 0.0426. The van der Waals surface area contributed by atoms with Gasteiger partial charge in [-0.2, -0.15) is 0 Å². The Kier molecular flexibility index (Phi) is 8.22. The highest BCUT2D eigenvalue weighted by Gasteiger charge is 2.50. The highest BCUT2D eigenvalue weighted by Crippen LogP contribution is 2.30. The minimum atomic E-state index is -2.62. The Morgan fingerprint density at radius 3 is 2.33 bits per heavy atom. The maximum Gasteiger partial charge on any atom is 0.271 e. The normalized spacial score (nSPS) is 18.2. The van der Waals surface area contributed by atoms with Crippen LogP contribution in [0.3, 0.4) is 0 Å². The number of carbonyl (C=O) groups is 4. The Balaban J connectivity index is 1.97. The highest BCUT2D eigenvalue weighted by molar-refractivity contribution is 7.99. The average molecular weight is 513 g/mol. The lowest BCUT2D eigenvalue weighted by Crippen LogP contribution is -2.64. The van der Waals surface area contributed by atoms with Crippen molar-refractivity contribution in [3.8, 4) is 0 Å². The van der Waals surface area contributed by atoms with E-state index in [9.17, 15) is 24.3 Å². The first-order valence-electron chi connectivity index (χ1n) is 11.5. The largest absolute Gasteiger partial charge is 0.367 e. The molecule has 1 heterocycles. The molecule has 192 valence electrons. The molecule has 3 amide bonds. The lowest BCUT2D eigenvalue weighted by atomic mass is 9.82. The van der Waals surface area contributed by atoms with Gasteiger partial charge in [-0.05, 0) is 44.9 Å². The SMILES string of the molecule is CC(C)(C)NC(=O)[C@@H]1CSCN1C(=O)[C@@](N)(O)[C@H](Cc1ccccc1)C(=O)c1cccc(C(N)=O)c1. The van der Waals surface area contributed by atoms with E-state index in [2.05, 4.69) is 5.32 Å². The van der Waals surface area contributed by atoms with Crippen LogP contribution in [0.25, 0.3) is 0 Å². The number of primary amides is 1. The fourth-order valence-electron chi connectivity index (χ4n) is 4.02. The van der Waals surface area contributed by atoms with Crippen molar-refractivity contribution < 1.29 is 24.3 Å². The van der Waals surface area contributed by atoms with Gasteiger partial charge >= 0.3 is 0 Å². The van der Waals surface area contributed by atoms with Gasteiger partial charge in [0.1, 0.15) is 6.04 Å². The summed E-state index contributed by atoms with van der Waals surface area (Å²) in [6, 6.07) is 13.8. The van der Waals surface area contributed by atoms with Gasteiger partial charge in [-0.25, -0.2) is 0 Å². The van der Waals surface area contributed by atoms with Crippen molar-refractivity contribution in [3.05, 3.63) is 71.3 Å². The Labute approximate surface area is 214 Å². The summed E-state index contributed by atoms with van der Waals surface area (Å²) in [5, 5.41) is 14.3. The van der Waals surface area contributed by atoms with Crippen LogP contribution in [-0.2, 0) is 16.0 Å². The van der Waals surface area contributed by atoms with Crippen LogP contribution in [0.5, 0.6) is 0 Å². The van der Waals surface area contributed by atoms with Crippen molar-refractivity contribution in [1.29, 1.82) is 0 Å². The van der Waals surface area contributed by atoms with E-state index < -0.39 is 40.8 Å². The molecule has 0 radical (unpaired) electrons.